The van der Waals surface area contributed by atoms with E-state index in [0.717, 1.165) is 18.8 Å². The molecule has 1 fully saturated rings. The summed E-state index contributed by atoms with van der Waals surface area (Å²) in [6.07, 6.45) is 4.06. The minimum absolute atomic E-state index is 0.314. The SMILES string of the molecule is CN(CC1CCCN1)c1ccnc(C(N)=O)c1. The van der Waals surface area contributed by atoms with Crippen LogP contribution in [0.2, 0.25) is 0 Å². The summed E-state index contributed by atoms with van der Waals surface area (Å²) in [5, 5.41) is 3.45. The number of primary amides is 1. The van der Waals surface area contributed by atoms with E-state index in [9.17, 15) is 4.79 Å². The highest BCUT2D eigenvalue weighted by Gasteiger charge is 2.16. The van der Waals surface area contributed by atoms with Crippen molar-refractivity contribution in [2.45, 2.75) is 18.9 Å². The normalized spacial score (nSPS) is 19.2. The fraction of sp³-hybridized carbons (Fsp3) is 0.500. The van der Waals surface area contributed by atoms with Crippen LogP contribution in [0.1, 0.15) is 23.3 Å². The number of nitrogens with two attached hydrogens (primary N) is 1. The number of nitrogens with zero attached hydrogens (tertiary/aromatic N) is 2. The molecule has 1 atom stereocenters. The maximum atomic E-state index is 11.0. The number of nitrogens with one attached hydrogen (secondary N) is 1. The van der Waals surface area contributed by atoms with E-state index in [1.165, 1.54) is 12.8 Å². The van der Waals surface area contributed by atoms with Gasteiger partial charge in [-0.2, -0.15) is 0 Å². The van der Waals surface area contributed by atoms with E-state index in [2.05, 4.69) is 15.2 Å². The number of carbonyl (C=O) groups is 1. The topological polar surface area (TPSA) is 71.2 Å². The zero-order valence-electron chi connectivity index (χ0n) is 10.0. The fourth-order valence-corrected chi connectivity index (χ4v) is 2.14. The van der Waals surface area contributed by atoms with Crippen LogP contribution in [0.4, 0.5) is 5.69 Å². The number of carbonyl (C=O) groups excluding carboxylic acids is 1. The van der Waals surface area contributed by atoms with Gasteiger partial charge in [-0.3, -0.25) is 9.78 Å². The smallest absolute Gasteiger partial charge is 0.267 e. The highest BCUT2D eigenvalue weighted by Crippen LogP contribution is 2.15. The average Bonchev–Trinajstić information content (AvgIpc) is 2.82. The van der Waals surface area contributed by atoms with Crippen LogP contribution in [-0.2, 0) is 0 Å². The van der Waals surface area contributed by atoms with Crippen LogP contribution in [0.15, 0.2) is 18.3 Å². The lowest BCUT2D eigenvalue weighted by atomic mass is 10.2. The van der Waals surface area contributed by atoms with Gasteiger partial charge in [0, 0.05) is 31.5 Å². The molecule has 0 aromatic carbocycles. The molecule has 0 saturated carbocycles. The lowest BCUT2D eigenvalue weighted by molar-refractivity contribution is 0.0995. The molecular formula is C12H18N4O. The summed E-state index contributed by atoms with van der Waals surface area (Å²) in [5.74, 6) is -0.487. The molecule has 0 aliphatic carbocycles. The summed E-state index contributed by atoms with van der Waals surface area (Å²) in [6, 6.07) is 4.16. The number of hydrogen-bond acceptors (Lipinski definition) is 4. The predicted molar refractivity (Wildman–Crippen MR) is 67.0 cm³/mol. The Morgan fingerprint density at radius 3 is 3.18 bits per heavy atom. The minimum atomic E-state index is -0.487. The Labute approximate surface area is 101 Å². The van der Waals surface area contributed by atoms with Gasteiger partial charge in [-0.1, -0.05) is 0 Å². The van der Waals surface area contributed by atoms with E-state index in [1.807, 2.05) is 13.1 Å². The van der Waals surface area contributed by atoms with Gasteiger partial charge >= 0.3 is 0 Å². The lowest BCUT2D eigenvalue weighted by Crippen LogP contribution is -2.35. The van der Waals surface area contributed by atoms with Crippen LogP contribution in [-0.4, -0.2) is 37.1 Å². The van der Waals surface area contributed by atoms with Gasteiger partial charge in [-0.05, 0) is 31.5 Å². The quantitative estimate of drug-likeness (QED) is 0.789. The van der Waals surface area contributed by atoms with Crippen molar-refractivity contribution in [1.29, 1.82) is 0 Å². The van der Waals surface area contributed by atoms with Crippen molar-refractivity contribution in [3.8, 4) is 0 Å². The van der Waals surface area contributed by atoms with Crippen molar-refractivity contribution in [3.05, 3.63) is 24.0 Å². The molecule has 2 heterocycles. The first-order valence-corrected chi connectivity index (χ1v) is 5.87. The molecular weight excluding hydrogens is 216 g/mol. The maximum absolute atomic E-state index is 11.0. The Hall–Kier alpha value is -1.62. The van der Waals surface area contributed by atoms with E-state index >= 15 is 0 Å². The Morgan fingerprint density at radius 2 is 2.53 bits per heavy atom. The Balaban J connectivity index is 2.04. The van der Waals surface area contributed by atoms with Crippen molar-refractivity contribution in [1.82, 2.24) is 10.3 Å². The van der Waals surface area contributed by atoms with Gasteiger partial charge in [0.25, 0.3) is 5.91 Å². The van der Waals surface area contributed by atoms with Crippen LogP contribution in [0.5, 0.6) is 0 Å². The second-order valence-corrected chi connectivity index (χ2v) is 4.44. The van der Waals surface area contributed by atoms with Crippen LogP contribution in [0, 0.1) is 0 Å². The number of pyridine rings is 1. The molecule has 0 radical (unpaired) electrons. The summed E-state index contributed by atoms with van der Waals surface area (Å²) < 4.78 is 0. The van der Waals surface area contributed by atoms with E-state index in [1.54, 1.807) is 12.3 Å². The van der Waals surface area contributed by atoms with Crippen molar-refractivity contribution >= 4 is 11.6 Å². The molecule has 1 aromatic heterocycles. The van der Waals surface area contributed by atoms with Gasteiger partial charge in [0.1, 0.15) is 5.69 Å². The van der Waals surface area contributed by atoms with Gasteiger partial charge in [0.2, 0.25) is 0 Å². The maximum Gasteiger partial charge on any atom is 0.267 e. The van der Waals surface area contributed by atoms with Crippen LogP contribution >= 0.6 is 0 Å². The van der Waals surface area contributed by atoms with E-state index < -0.39 is 5.91 Å². The molecule has 2 rings (SSSR count). The number of anilines is 1. The van der Waals surface area contributed by atoms with E-state index in [4.69, 9.17) is 5.73 Å². The van der Waals surface area contributed by atoms with Gasteiger partial charge < -0.3 is 16.0 Å². The fourth-order valence-electron chi connectivity index (χ4n) is 2.14. The summed E-state index contributed by atoms with van der Waals surface area (Å²) >= 11 is 0. The molecule has 92 valence electrons. The highest BCUT2D eigenvalue weighted by atomic mass is 16.1. The van der Waals surface area contributed by atoms with Gasteiger partial charge in [-0.25, -0.2) is 0 Å². The number of aromatic nitrogens is 1. The second-order valence-electron chi connectivity index (χ2n) is 4.44. The molecule has 1 unspecified atom stereocenters. The van der Waals surface area contributed by atoms with Crippen molar-refractivity contribution in [3.63, 3.8) is 0 Å². The largest absolute Gasteiger partial charge is 0.373 e. The summed E-state index contributed by atoms with van der Waals surface area (Å²) in [4.78, 5) is 17.1. The number of amides is 1. The highest BCUT2D eigenvalue weighted by molar-refractivity contribution is 5.91. The first-order chi connectivity index (χ1) is 8.16. The second kappa shape index (κ2) is 5.14. The third-order valence-corrected chi connectivity index (χ3v) is 3.09. The Morgan fingerprint density at radius 1 is 1.71 bits per heavy atom. The third kappa shape index (κ3) is 2.94. The average molecular weight is 234 g/mol. The molecule has 5 nitrogen and oxygen atoms in total. The first kappa shape index (κ1) is 11.9. The molecule has 5 heteroatoms. The zero-order valence-corrected chi connectivity index (χ0v) is 10.0. The van der Waals surface area contributed by atoms with Gasteiger partial charge in [0.05, 0.1) is 0 Å². The Kier molecular flexibility index (Phi) is 3.58. The molecule has 3 N–H and O–H groups in total. The molecule has 1 aliphatic rings. The molecule has 1 amide bonds. The Bertz CT molecular complexity index is 401. The van der Waals surface area contributed by atoms with Gasteiger partial charge in [0.15, 0.2) is 0 Å². The van der Waals surface area contributed by atoms with Crippen LogP contribution in [0.3, 0.4) is 0 Å². The van der Waals surface area contributed by atoms with Gasteiger partial charge in [-0.15, -0.1) is 0 Å². The molecule has 1 saturated heterocycles. The van der Waals surface area contributed by atoms with E-state index in [0.29, 0.717) is 11.7 Å². The summed E-state index contributed by atoms with van der Waals surface area (Å²) in [6.45, 7) is 2.03. The standard InChI is InChI=1S/C12H18N4O/c1-16(8-9-3-2-5-14-9)10-4-6-15-11(7-10)12(13)17/h4,6-7,9,14H,2-3,5,8H2,1H3,(H2,13,17). The summed E-state index contributed by atoms with van der Waals surface area (Å²) in [5.41, 5.74) is 6.50. The van der Waals surface area contributed by atoms with Crippen LogP contribution < -0.4 is 16.0 Å². The monoisotopic (exact) mass is 234 g/mol. The van der Waals surface area contributed by atoms with E-state index in [-0.39, 0.29) is 0 Å². The summed E-state index contributed by atoms with van der Waals surface area (Å²) in [7, 11) is 2.01. The first-order valence-electron chi connectivity index (χ1n) is 5.87. The minimum Gasteiger partial charge on any atom is -0.373 e. The van der Waals surface area contributed by atoms with Crippen molar-refractivity contribution in [2.75, 3.05) is 25.0 Å². The molecule has 1 aromatic rings. The molecule has 0 spiro atoms. The van der Waals surface area contributed by atoms with Crippen molar-refractivity contribution in [2.24, 2.45) is 5.73 Å². The van der Waals surface area contributed by atoms with Crippen LogP contribution in [0.25, 0.3) is 0 Å². The molecule has 1 aliphatic heterocycles. The van der Waals surface area contributed by atoms with Crippen molar-refractivity contribution < 1.29 is 4.79 Å². The molecule has 0 bridgehead atoms. The predicted octanol–water partition coefficient (Wildman–Crippen LogP) is 0.369. The number of rotatable bonds is 4. The number of likely N-dealkylation sites (N-methyl/N-ethyl adjacent to an activating group) is 1. The lowest BCUT2D eigenvalue weighted by Gasteiger charge is -2.23. The molecule has 17 heavy (non-hydrogen) atoms. The number of hydrogen-bond donors (Lipinski definition) is 2. The zero-order chi connectivity index (χ0) is 12.3. The third-order valence-electron chi connectivity index (χ3n) is 3.09.